The van der Waals surface area contributed by atoms with Crippen LogP contribution in [-0.2, 0) is 0 Å². The minimum atomic E-state index is -1.39. The average Bonchev–Trinajstić information content (AvgIpc) is 2.56. The molecule has 1 heterocycles. The highest BCUT2D eigenvalue weighted by molar-refractivity contribution is 6.31. The van der Waals surface area contributed by atoms with Gasteiger partial charge in [-0.05, 0) is 24.3 Å². The van der Waals surface area contributed by atoms with Gasteiger partial charge in [-0.25, -0.2) is 9.78 Å². The number of hydrogen-bond donors (Lipinski definition) is 2. The Morgan fingerprint density at radius 3 is 1.92 bits per heavy atom. The lowest BCUT2D eigenvalue weighted by Crippen LogP contribution is -2.21. The lowest BCUT2D eigenvalue weighted by Gasteiger charge is -2.10. The van der Waals surface area contributed by atoms with Crippen molar-refractivity contribution in [2.24, 2.45) is 0 Å². The van der Waals surface area contributed by atoms with Crippen LogP contribution in [0.15, 0.2) is 53.3 Å². The Morgan fingerprint density at radius 2 is 1.42 bits per heavy atom. The molecule has 0 aliphatic carbocycles. The van der Waals surface area contributed by atoms with Gasteiger partial charge in [-0.15, -0.1) is 0 Å². The fraction of sp³-hybridized carbons (Fsp3) is 0. The molecule has 0 saturated carbocycles. The van der Waals surface area contributed by atoms with Crippen molar-refractivity contribution >= 4 is 29.2 Å². The molecule has 5 nitrogen and oxygen atoms in total. The second-order valence-corrected chi connectivity index (χ2v) is 5.83. The maximum atomic E-state index is 12.0. The highest BCUT2D eigenvalue weighted by Gasteiger charge is 2.18. The van der Waals surface area contributed by atoms with Gasteiger partial charge >= 0.3 is 5.97 Å². The summed E-state index contributed by atoms with van der Waals surface area (Å²) in [5.74, 6) is -1.39. The van der Waals surface area contributed by atoms with Crippen molar-refractivity contribution in [1.29, 1.82) is 0 Å². The van der Waals surface area contributed by atoms with E-state index in [4.69, 9.17) is 28.3 Å². The van der Waals surface area contributed by atoms with E-state index in [-0.39, 0.29) is 0 Å². The number of H-pyrrole nitrogens is 1. The van der Waals surface area contributed by atoms with Crippen LogP contribution in [0.4, 0.5) is 0 Å². The van der Waals surface area contributed by atoms with Gasteiger partial charge in [0.2, 0.25) is 5.69 Å². The average molecular weight is 361 g/mol. The molecule has 24 heavy (non-hydrogen) atoms. The molecule has 0 spiro atoms. The third-order valence-corrected chi connectivity index (χ3v) is 3.87. The summed E-state index contributed by atoms with van der Waals surface area (Å²) in [5.41, 5.74) is 0.687. The highest BCUT2D eigenvalue weighted by atomic mass is 35.5. The third kappa shape index (κ3) is 3.18. The van der Waals surface area contributed by atoms with Gasteiger partial charge in [-0.1, -0.05) is 47.5 Å². The standard InChI is InChI=1S/C17H10Cl2N2O3/c18-11-5-1-9(2-6-11)13-14(10-3-7-12(19)8-4-10)21-16(22)15(20-13)17(23)24/h1-8H,(H,21,22)(H,23,24). The van der Waals surface area contributed by atoms with Crippen LogP contribution in [-0.4, -0.2) is 21.0 Å². The number of aromatic nitrogens is 2. The van der Waals surface area contributed by atoms with E-state index in [1.54, 1.807) is 48.5 Å². The van der Waals surface area contributed by atoms with E-state index in [9.17, 15) is 9.59 Å². The number of aromatic carboxylic acids is 1. The molecule has 0 unspecified atom stereocenters. The first-order chi connectivity index (χ1) is 11.5. The molecule has 120 valence electrons. The van der Waals surface area contributed by atoms with Crippen LogP contribution in [0.1, 0.15) is 10.5 Å². The van der Waals surface area contributed by atoms with Gasteiger partial charge in [0.15, 0.2) is 0 Å². The van der Waals surface area contributed by atoms with Gasteiger partial charge in [-0.3, -0.25) is 4.79 Å². The predicted octanol–water partition coefficient (Wildman–Crippen LogP) is 4.11. The van der Waals surface area contributed by atoms with Crippen molar-refractivity contribution in [2.75, 3.05) is 0 Å². The third-order valence-electron chi connectivity index (χ3n) is 3.37. The summed E-state index contributed by atoms with van der Waals surface area (Å²) in [6.07, 6.45) is 0. The van der Waals surface area contributed by atoms with Crippen LogP contribution in [0.2, 0.25) is 10.0 Å². The summed E-state index contributed by atoms with van der Waals surface area (Å²) in [5, 5.41) is 10.2. The van der Waals surface area contributed by atoms with Crippen molar-refractivity contribution in [2.45, 2.75) is 0 Å². The number of rotatable bonds is 3. The van der Waals surface area contributed by atoms with Crippen molar-refractivity contribution in [1.82, 2.24) is 9.97 Å². The zero-order chi connectivity index (χ0) is 17.3. The monoisotopic (exact) mass is 360 g/mol. The number of nitrogens with one attached hydrogen (secondary N) is 1. The highest BCUT2D eigenvalue weighted by Crippen LogP contribution is 2.29. The van der Waals surface area contributed by atoms with Crippen LogP contribution >= 0.6 is 23.2 Å². The van der Waals surface area contributed by atoms with E-state index < -0.39 is 17.2 Å². The fourth-order valence-corrected chi connectivity index (χ4v) is 2.49. The minimum Gasteiger partial charge on any atom is -0.476 e. The summed E-state index contributed by atoms with van der Waals surface area (Å²) < 4.78 is 0. The minimum absolute atomic E-state index is 0.339. The molecule has 0 bridgehead atoms. The molecule has 0 radical (unpaired) electrons. The number of aromatic amines is 1. The maximum absolute atomic E-state index is 12.0. The second-order valence-electron chi connectivity index (χ2n) is 4.96. The molecule has 2 aromatic carbocycles. The first-order valence-corrected chi connectivity index (χ1v) is 7.61. The van der Waals surface area contributed by atoms with E-state index in [1.807, 2.05) is 0 Å². The fourth-order valence-electron chi connectivity index (χ4n) is 2.24. The Hall–Kier alpha value is -2.63. The summed E-state index contributed by atoms with van der Waals surface area (Å²) in [4.78, 5) is 29.9. The Kier molecular flexibility index (Phi) is 4.38. The van der Waals surface area contributed by atoms with Gasteiger partial charge in [-0.2, -0.15) is 0 Å². The summed E-state index contributed by atoms with van der Waals surface area (Å²) in [6.45, 7) is 0. The Bertz CT molecular complexity index is 965. The van der Waals surface area contributed by atoms with Gasteiger partial charge in [0, 0.05) is 21.2 Å². The Morgan fingerprint density at radius 1 is 0.917 bits per heavy atom. The van der Waals surface area contributed by atoms with Gasteiger partial charge in [0.05, 0.1) is 11.4 Å². The molecule has 7 heteroatoms. The van der Waals surface area contributed by atoms with E-state index in [0.717, 1.165) is 0 Å². The quantitative estimate of drug-likeness (QED) is 0.736. The predicted molar refractivity (Wildman–Crippen MR) is 92.7 cm³/mol. The topological polar surface area (TPSA) is 83.0 Å². The van der Waals surface area contributed by atoms with E-state index >= 15 is 0 Å². The zero-order valence-corrected chi connectivity index (χ0v) is 13.6. The molecule has 2 N–H and O–H groups in total. The van der Waals surface area contributed by atoms with Crippen LogP contribution in [0, 0.1) is 0 Å². The van der Waals surface area contributed by atoms with Crippen LogP contribution in [0.5, 0.6) is 0 Å². The molecule has 0 fully saturated rings. The molecular formula is C17H10Cl2N2O3. The number of carboxylic acids is 1. The molecular weight excluding hydrogens is 351 g/mol. The normalized spacial score (nSPS) is 10.6. The Labute approximate surface area is 146 Å². The van der Waals surface area contributed by atoms with Crippen molar-refractivity contribution in [3.05, 3.63) is 74.6 Å². The van der Waals surface area contributed by atoms with Gasteiger partial charge in [0.25, 0.3) is 5.56 Å². The summed E-state index contributed by atoms with van der Waals surface area (Å²) >= 11 is 11.8. The number of carboxylic acid groups (broad SMARTS) is 1. The van der Waals surface area contributed by atoms with E-state index in [1.165, 1.54) is 0 Å². The molecule has 1 aromatic heterocycles. The number of hydrogen-bond acceptors (Lipinski definition) is 3. The number of nitrogens with zero attached hydrogens (tertiary/aromatic N) is 1. The van der Waals surface area contributed by atoms with Crippen molar-refractivity contribution < 1.29 is 9.90 Å². The molecule has 3 aromatic rings. The zero-order valence-electron chi connectivity index (χ0n) is 12.1. The molecule has 0 atom stereocenters. The van der Waals surface area contributed by atoms with Gasteiger partial charge in [0.1, 0.15) is 0 Å². The van der Waals surface area contributed by atoms with Crippen LogP contribution in [0.25, 0.3) is 22.5 Å². The molecule has 0 aliphatic heterocycles. The second kappa shape index (κ2) is 6.47. The molecule has 0 amide bonds. The molecule has 0 aliphatic rings. The lowest BCUT2D eigenvalue weighted by atomic mass is 10.0. The smallest absolute Gasteiger partial charge is 0.360 e. The first kappa shape index (κ1) is 16.2. The van der Waals surface area contributed by atoms with Crippen molar-refractivity contribution in [3.63, 3.8) is 0 Å². The van der Waals surface area contributed by atoms with E-state index in [0.29, 0.717) is 32.6 Å². The summed E-state index contributed by atoms with van der Waals surface area (Å²) in [7, 11) is 0. The Balaban J connectivity index is 2.29. The number of carbonyl (C=O) groups is 1. The van der Waals surface area contributed by atoms with E-state index in [2.05, 4.69) is 9.97 Å². The summed E-state index contributed by atoms with van der Waals surface area (Å²) in [6, 6.07) is 13.5. The van der Waals surface area contributed by atoms with Crippen LogP contribution < -0.4 is 5.56 Å². The number of halogens is 2. The largest absolute Gasteiger partial charge is 0.476 e. The molecule has 3 rings (SSSR count). The van der Waals surface area contributed by atoms with Crippen LogP contribution in [0.3, 0.4) is 0 Å². The SMILES string of the molecule is O=C(O)c1nc(-c2ccc(Cl)cc2)c(-c2ccc(Cl)cc2)[nH]c1=O. The van der Waals surface area contributed by atoms with Crippen molar-refractivity contribution in [3.8, 4) is 22.5 Å². The molecule has 0 saturated heterocycles. The maximum Gasteiger partial charge on any atom is 0.360 e. The lowest BCUT2D eigenvalue weighted by molar-refractivity contribution is 0.0688. The first-order valence-electron chi connectivity index (χ1n) is 6.85. The van der Waals surface area contributed by atoms with Gasteiger partial charge < -0.3 is 10.1 Å². The number of benzene rings is 2.